The molecule has 2 aromatic heterocycles. The molecule has 1 N–H and O–H groups in total. The minimum Gasteiger partial charge on any atom is -0.378 e. The van der Waals surface area contributed by atoms with Gasteiger partial charge in [-0.05, 0) is 43.0 Å². The molecule has 2 atom stereocenters. The Morgan fingerprint density at radius 3 is 2.47 bits per heavy atom. The highest BCUT2D eigenvalue weighted by Crippen LogP contribution is 2.31. The van der Waals surface area contributed by atoms with Crippen LogP contribution >= 0.6 is 0 Å². The predicted octanol–water partition coefficient (Wildman–Crippen LogP) is 3.43. The molecule has 3 aromatic rings. The van der Waals surface area contributed by atoms with E-state index in [4.69, 9.17) is 4.74 Å². The van der Waals surface area contributed by atoms with Gasteiger partial charge in [-0.2, -0.15) is 5.21 Å². The van der Waals surface area contributed by atoms with Crippen LogP contribution < -0.4 is 4.90 Å². The number of ether oxygens (including phenoxy) is 1. The van der Waals surface area contributed by atoms with E-state index in [1.54, 1.807) is 6.92 Å². The van der Waals surface area contributed by atoms with Gasteiger partial charge in [0.1, 0.15) is 11.6 Å². The Kier molecular flexibility index (Phi) is 7.21. The molecule has 0 aliphatic carbocycles. The smallest absolute Gasteiger partial charge is 0.178 e. The highest BCUT2D eigenvalue weighted by Gasteiger charge is 2.29. The number of nitrogens with zero attached hydrogens (tertiary/aromatic N) is 5. The van der Waals surface area contributed by atoms with E-state index >= 15 is 0 Å². The second kappa shape index (κ2) is 10.5. The average molecular weight is 435 g/mol. The number of carbonyl (C=O) groups excluding carboxylic acids is 1. The molecule has 3 heterocycles. The van der Waals surface area contributed by atoms with Crippen LogP contribution in [0, 0.1) is 5.92 Å². The fraction of sp³-hybridized carbons (Fsp3) is 0.458. The van der Waals surface area contributed by atoms with Gasteiger partial charge in [0, 0.05) is 36.7 Å². The van der Waals surface area contributed by atoms with Crippen molar-refractivity contribution >= 4 is 11.6 Å². The van der Waals surface area contributed by atoms with Gasteiger partial charge in [-0.3, -0.25) is 4.79 Å². The molecular formula is C24H30N6O2. The summed E-state index contributed by atoms with van der Waals surface area (Å²) in [4.78, 5) is 19.2. The maximum absolute atomic E-state index is 12.3. The molecule has 1 aliphatic heterocycles. The number of carbonyl (C=O) groups is 1. The zero-order chi connectivity index (χ0) is 22.3. The number of ketones is 1. The lowest BCUT2D eigenvalue weighted by Crippen LogP contribution is -2.36. The number of hydrogen-bond donors (Lipinski definition) is 1. The third kappa shape index (κ3) is 5.19. The van der Waals surface area contributed by atoms with Crippen LogP contribution in [0.2, 0.25) is 0 Å². The largest absolute Gasteiger partial charge is 0.378 e. The molecule has 0 bridgehead atoms. The maximum atomic E-state index is 12.3. The van der Waals surface area contributed by atoms with Crippen LogP contribution in [0.5, 0.6) is 0 Å². The summed E-state index contributed by atoms with van der Waals surface area (Å²) in [6, 6.07) is 12.6. The Bertz CT molecular complexity index is 982. The fourth-order valence-corrected chi connectivity index (χ4v) is 4.36. The second-order valence-electron chi connectivity index (χ2n) is 8.29. The SMILES string of the molecule is CCC[C@H](C(C)=O)[C@H](Cc1ccc(-c2ccc(N3CCOCC3)nc2)cc1)c1nn[nH]n1. The molecule has 4 rings (SSSR count). The summed E-state index contributed by atoms with van der Waals surface area (Å²) >= 11 is 0. The first-order valence-electron chi connectivity index (χ1n) is 11.3. The van der Waals surface area contributed by atoms with Gasteiger partial charge in [-0.1, -0.05) is 42.8 Å². The summed E-state index contributed by atoms with van der Waals surface area (Å²) < 4.78 is 5.42. The van der Waals surface area contributed by atoms with E-state index in [2.05, 4.69) is 73.8 Å². The third-order valence-corrected chi connectivity index (χ3v) is 6.13. The van der Waals surface area contributed by atoms with E-state index in [9.17, 15) is 4.79 Å². The van der Waals surface area contributed by atoms with Gasteiger partial charge in [-0.25, -0.2) is 4.98 Å². The van der Waals surface area contributed by atoms with Crippen molar-refractivity contribution in [2.75, 3.05) is 31.2 Å². The number of nitrogens with one attached hydrogen (secondary N) is 1. The predicted molar refractivity (Wildman–Crippen MR) is 122 cm³/mol. The number of hydrogen-bond acceptors (Lipinski definition) is 7. The van der Waals surface area contributed by atoms with Gasteiger partial charge in [0.25, 0.3) is 0 Å². The van der Waals surface area contributed by atoms with Crippen LogP contribution in [0.4, 0.5) is 5.82 Å². The van der Waals surface area contributed by atoms with Gasteiger partial charge < -0.3 is 9.64 Å². The minimum absolute atomic E-state index is 0.0912. The van der Waals surface area contributed by atoms with E-state index in [-0.39, 0.29) is 17.6 Å². The van der Waals surface area contributed by atoms with Crippen LogP contribution in [0.15, 0.2) is 42.6 Å². The number of aromatic nitrogens is 5. The number of benzene rings is 1. The number of aromatic amines is 1. The Morgan fingerprint density at radius 1 is 1.12 bits per heavy atom. The fourth-order valence-electron chi connectivity index (χ4n) is 4.36. The quantitative estimate of drug-likeness (QED) is 0.551. The number of anilines is 1. The maximum Gasteiger partial charge on any atom is 0.178 e. The van der Waals surface area contributed by atoms with Gasteiger partial charge in [0.2, 0.25) is 0 Å². The van der Waals surface area contributed by atoms with Crippen molar-refractivity contribution in [3.05, 3.63) is 54.0 Å². The molecule has 0 unspecified atom stereocenters. The van der Waals surface area contributed by atoms with E-state index < -0.39 is 0 Å². The zero-order valence-corrected chi connectivity index (χ0v) is 18.7. The van der Waals surface area contributed by atoms with Crippen molar-refractivity contribution in [3.63, 3.8) is 0 Å². The second-order valence-corrected chi connectivity index (χ2v) is 8.29. The van der Waals surface area contributed by atoms with Crippen molar-refractivity contribution in [2.24, 2.45) is 5.92 Å². The lowest BCUT2D eigenvalue weighted by Gasteiger charge is -2.27. The van der Waals surface area contributed by atoms with Crippen molar-refractivity contribution in [1.82, 2.24) is 25.6 Å². The van der Waals surface area contributed by atoms with Gasteiger partial charge >= 0.3 is 0 Å². The summed E-state index contributed by atoms with van der Waals surface area (Å²) in [5, 5.41) is 14.6. The van der Waals surface area contributed by atoms with E-state index in [1.165, 1.54) is 0 Å². The molecule has 168 valence electrons. The van der Waals surface area contributed by atoms with Gasteiger partial charge in [0.05, 0.1) is 13.2 Å². The lowest BCUT2D eigenvalue weighted by atomic mass is 9.81. The molecule has 0 amide bonds. The summed E-state index contributed by atoms with van der Waals surface area (Å²) in [7, 11) is 0. The lowest BCUT2D eigenvalue weighted by molar-refractivity contribution is -0.121. The topological polar surface area (TPSA) is 96.9 Å². The summed E-state index contributed by atoms with van der Waals surface area (Å²) in [5.74, 6) is 1.55. The Balaban J connectivity index is 1.49. The van der Waals surface area contributed by atoms with Gasteiger partial charge in [0.15, 0.2) is 5.82 Å². The van der Waals surface area contributed by atoms with E-state index in [1.807, 2.05) is 6.20 Å². The first-order chi connectivity index (χ1) is 15.7. The van der Waals surface area contributed by atoms with Crippen LogP contribution in [0.1, 0.15) is 44.0 Å². The zero-order valence-electron chi connectivity index (χ0n) is 18.7. The van der Waals surface area contributed by atoms with Crippen molar-refractivity contribution in [1.29, 1.82) is 0 Å². The van der Waals surface area contributed by atoms with Gasteiger partial charge in [-0.15, -0.1) is 10.2 Å². The summed E-state index contributed by atoms with van der Waals surface area (Å²) in [5.41, 5.74) is 3.34. The van der Waals surface area contributed by atoms with Crippen molar-refractivity contribution in [3.8, 4) is 11.1 Å². The first kappa shape index (κ1) is 22.1. The molecule has 1 aliphatic rings. The molecule has 1 aromatic carbocycles. The Morgan fingerprint density at radius 2 is 1.88 bits per heavy atom. The molecule has 0 radical (unpaired) electrons. The monoisotopic (exact) mass is 434 g/mol. The van der Waals surface area contributed by atoms with Crippen LogP contribution in [0.25, 0.3) is 11.1 Å². The first-order valence-corrected chi connectivity index (χ1v) is 11.3. The highest BCUT2D eigenvalue weighted by molar-refractivity contribution is 5.79. The Labute approximate surface area is 188 Å². The summed E-state index contributed by atoms with van der Waals surface area (Å²) in [6.45, 7) is 7.00. The average Bonchev–Trinajstić information content (AvgIpc) is 3.37. The third-order valence-electron chi connectivity index (χ3n) is 6.13. The van der Waals surface area contributed by atoms with Crippen LogP contribution in [0.3, 0.4) is 0 Å². The number of Topliss-reactive ketones (excluding diaryl/α,β-unsaturated/α-hetero) is 1. The normalized spacial score (nSPS) is 16.0. The molecule has 0 spiro atoms. The molecular weight excluding hydrogens is 404 g/mol. The molecule has 8 heteroatoms. The van der Waals surface area contributed by atoms with Crippen molar-refractivity contribution in [2.45, 2.75) is 39.0 Å². The van der Waals surface area contributed by atoms with Crippen LogP contribution in [-0.2, 0) is 16.0 Å². The molecule has 32 heavy (non-hydrogen) atoms. The molecule has 0 saturated carbocycles. The van der Waals surface area contributed by atoms with E-state index in [0.29, 0.717) is 12.2 Å². The van der Waals surface area contributed by atoms with Crippen LogP contribution in [-0.4, -0.2) is 57.7 Å². The number of morpholine rings is 1. The number of rotatable bonds is 9. The van der Waals surface area contributed by atoms with Crippen molar-refractivity contribution < 1.29 is 9.53 Å². The number of tetrazole rings is 1. The Hall–Kier alpha value is -3.13. The molecule has 1 fully saturated rings. The number of H-pyrrole nitrogens is 1. The standard InChI is InChI=1S/C24H30N6O2/c1-3-4-21(17(2)31)22(24-26-28-29-27-24)15-18-5-7-19(8-6-18)20-9-10-23(25-16-20)30-11-13-32-14-12-30/h5-10,16,21-22H,3-4,11-15H2,1-2H3,(H,26,27,28,29)/t21-,22+/m1/s1. The molecule has 8 nitrogen and oxygen atoms in total. The number of pyridine rings is 1. The van der Waals surface area contributed by atoms with E-state index in [0.717, 1.165) is 61.7 Å². The summed E-state index contributed by atoms with van der Waals surface area (Å²) in [6.07, 6.45) is 4.37. The molecule has 1 saturated heterocycles. The highest BCUT2D eigenvalue weighted by atomic mass is 16.5. The minimum atomic E-state index is -0.116.